The lowest BCUT2D eigenvalue weighted by Gasteiger charge is -2.25. The molecule has 2 aromatic rings. The summed E-state index contributed by atoms with van der Waals surface area (Å²) in [5.41, 5.74) is 2.14. The van der Waals surface area contributed by atoms with Gasteiger partial charge in [0.15, 0.2) is 0 Å². The fraction of sp³-hybridized carbons (Fsp3) is 0.533. The topological polar surface area (TPSA) is 27.1 Å². The van der Waals surface area contributed by atoms with E-state index in [1.54, 1.807) is 7.11 Å². The number of rotatable bonds is 5. The van der Waals surface area contributed by atoms with Crippen molar-refractivity contribution in [2.75, 3.05) is 7.11 Å². The second kappa shape index (κ2) is 5.41. The number of fused-ring (bicyclic) bond motifs is 1. The third kappa shape index (κ3) is 2.44. The van der Waals surface area contributed by atoms with Crippen molar-refractivity contribution in [1.29, 1.82) is 0 Å². The van der Waals surface area contributed by atoms with Crippen molar-refractivity contribution >= 4 is 22.6 Å². The number of alkyl halides is 1. The number of benzene rings is 1. The molecule has 3 nitrogen and oxygen atoms in total. The monoisotopic (exact) mass is 278 g/mol. The third-order valence-corrected chi connectivity index (χ3v) is 4.38. The van der Waals surface area contributed by atoms with Gasteiger partial charge in [-0.15, -0.1) is 11.6 Å². The molecule has 1 aromatic heterocycles. The highest BCUT2D eigenvalue weighted by molar-refractivity contribution is 6.16. The van der Waals surface area contributed by atoms with Crippen LogP contribution in [0.15, 0.2) is 18.2 Å². The van der Waals surface area contributed by atoms with Crippen LogP contribution < -0.4 is 4.74 Å². The minimum Gasteiger partial charge on any atom is -0.497 e. The molecule has 0 spiro atoms. The van der Waals surface area contributed by atoms with Crippen molar-refractivity contribution < 1.29 is 4.74 Å². The smallest absolute Gasteiger partial charge is 0.124 e. The summed E-state index contributed by atoms with van der Waals surface area (Å²) in [4.78, 5) is 4.60. The number of aryl methyl sites for hydroxylation is 1. The van der Waals surface area contributed by atoms with Crippen molar-refractivity contribution in [3.8, 4) is 5.75 Å². The SMILES string of the molecule is COc1ccc2nc(CCl)n(CCC3CCC3)c2c1. The molecule has 1 heterocycles. The normalized spacial score (nSPS) is 15.7. The van der Waals surface area contributed by atoms with Gasteiger partial charge in [-0.05, 0) is 24.5 Å². The standard InChI is InChI=1S/C15H19ClN2O/c1-19-12-5-6-13-14(9-12)18(15(10-16)17-13)8-7-11-3-2-4-11/h5-6,9,11H,2-4,7-8,10H2,1H3. The van der Waals surface area contributed by atoms with E-state index in [0.717, 1.165) is 35.1 Å². The molecule has 1 aliphatic rings. The van der Waals surface area contributed by atoms with Crippen LogP contribution in [-0.4, -0.2) is 16.7 Å². The quantitative estimate of drug-likeness (QED) is 0.774. The highest BCUT2D eigenvalue weighted by atomic mass is 35.5. The number of imidazole rings is 1. The summed E-state index contributed by atoms with van der Waals surface area (Å²) in [5, 5.41) is 0. The van der Waals surface area contributed by atoms with Gasteiger partial charge in [0.2, 0.25) is 0 Å². The van der Waals surface area contributed by atoms with Gasteiger partial charge in [0.05, 0.1) is 24.0 Å². The summed E-state index contributed by atoms with van der Waals surface area (Å²) in [6.07, 6.45) is 5.39. The molecule has 0 bridgehead atoms. The van der Waals surface area contributed by atoms with Crippen LogP contribution in [0.3, 0.4) is 0 Å². The van der Waals surface area contributed by atoms with E-state index in [2.05, 4.69) is 15.6 Å². The first-order valence-electron chi connectivity index (χ1n) is 6.91. The van der Waals surface area contributed by atoms with Crippen molar-refractivity contribution in [3.63, 3.8) is 0 Å². The molecule has 0 N–H and O–H groups in total. The lowest BCUT2D eigenvalue weighted by Crippen LogP contribution is -2.14. The highest BCUT2D eigenvalue weighted by Crippen LogP contribution is 2.31. The van der Waals surface area contributed by atoms with Gasteiger partial charge in [-0.1, -0.05) is 19.3 Å². The van der Waals surface area contributed by atoms with Gasteiger partial charge in [0, 0.05) is 12.6 Å². The van der Waals surface area contributed by atoms with Crippen molar-refractivity contribution in [1.82, 2.24) is 9.55 Å². The first kappa shape index (κ1) is 12.8. The van der Waals surface area contributed by atoms with Crippen LogP contribution in [0.4, 0.5) is 0 Å². The van der Waals surface area contributed by atoms with E-state index in [9.17, 15) is 0 Å². The van der Waals surface area contributed by atoms with Crippen molar-refractivity contribution in [2.24, 2.45) is 5.92 Å². The predicted octanol–water partition coefficient (Wildman–Crippen LogP) is 3.97. The maximum absolute atomic E-state index is 6.03. The van der Waals surface area contributed by atoms with E-state index >= 15 is 0 Å². The Morgan fingerprint density at radius 3 is 2.89 bits per heavy atom. The van der Waals surface area contributed by atoms with Gasteiger partial charge < -0.3 is 9.30 Å². The molecule has 0 atom stereocenters. The Morgan fingerprint density at radius 1 is 1.42 bits per heavy atom. The number of hydrogen-bond acceptors (Lipinski definition) is 2. The van der Waals surface area contributed by atoms with E-state index in [1.165, 1.54) is 25.7 Å². The van der Waals surface area contributed by atoms with Crippen LogP contribution in [0.25, 0.3) is 11.0 Å². The Labute approximate surface area is 118 Å². The summed E-state index contributed by atoms with van der Waals surface area (Å²) in [7, 11) is 1.69. The minimum absolute atomic E-state index is 0.460. The molecule has 1 aromatic carbocycles. The number of hydrogen-bond donors (Lipinski definition) is 0. The first-order chi connectivity index (χ1) is 9.31. The zero-order valence-corrected chi connectivity index (χ0v) is 12.0. The molecule has 1 saturated carbocycles. The Morgan fingerprint density at radius 2 is 2.26 bits per heavy atom. The number of methoxy groups -OCH3 is 1. The van der Waals surface area contributed by atoms with Crippen LogP contribution >= 0.6 is 11.6 Å². The Hall–Kier alpha value is -1.22. The molecule has 1 fully saturated rings. The highest BCUT2D eigenvalue weighted by Gasteiger charge is 2.18. The van der Waals surface area contributed by atoms with Crippen LogP contribution in [-0.2, 0) is 12.4 Å². The average Bonchev–Trinajstić information content (AvgIpc) is 2.74. The second-order valence-corrected chi connectivity index (χ2v) is 5.52. The van der Waals surface area contributed by atoms with E-state index in [1.807, 2.05) is 12.1 Å². The van der Waals surface area contributed by atoms with Gasteiger partial charge in [-0.25, -0.2) is 4.98 Å². The summed E-state index contributed by atoms with van der Waals surface area (Å²) >= 11 is 6.03. The van der Waals surface area contributed by atoms with Gasteiger partial charge in [-0.2, -0.15) is 0 Å². The lowest BCUT2D eigenvalue weighted by atomic mass is 9.83. The Bertz CT molecular complexity index is 575. The van der Waals surface area contributed by atoms with Crippen LogP contribution in [0.1, 0.15) is 31.5 Å². The molecule has 0 radical (unpaired) electrons. The molecule has 0 unspecified atom stereocenters. The predicted molar refractivity (Wildman–Crippen MR) is 77.8 cm³/mol. The molecule has 0 saturated heterocycles. The summed E-state index contributed by atoms with van der Waals surface area (Å²) in [6.45, 7) is 1.01. The zero-order valence-electron chi connectivity index (χ0n) is 11.2. The van der Waals surface area contributed by atoms with Crippen molar-refractivity contribution in [3.05, 3.63) is 24.0 Å². The molecule has 4 heteroatoms. The summed E-state index contributed by atoms with van der Waals surface area (Å²) in [6, 6.07) is 6.01. The number of aromatic nitrogens is 2. The minimum atomic E-state index is 0.460. The molecule has 19 heavy (non-hydrogen) atoms. The maximum Gasteiger partial charge on any atom is 0.124 e. The molecule has 0 amide bonds. The molecule has 1 aliphatic carbocycles. The molecular formula is C15H19ClN2O. The average molecular weight is 279 g/mol. The van der Waals surface area contributed by atoms with E-state index < -0.39 is 0 Å². The lowest BCUT2D eigenvalue weighted by molar-refractivity contribution is 0.282. The summed E-state index contributed by atoms with van der Waals surface area (Å²) < 4.78 is 7.56. The number of nitrogens with zero attached hydrogens (tertiary/aromatic N) is 2. The number of halogens is 1. The Kier molecular flexibility index (Phi) is 3.65. The molecule has 0 aliphatic heterocycles. The molecule has 3 rings (SSSR count). The maximum atomic E-state index is 6.03. The van der Waals surface area contributed by atoms with Crippen LogP contribution in [0, 0.1) is 5.92 Å². The van der Waals surface area contributed by atoms with E-state index in [0.29, 0.717) is 5.88 Å². The fourth-order valence-electron chi connectivity index (χ4n) is 2.72. The van der Waals surface area contributed by atoms with Crippen LogP contribution in [0.5, 0.6) is 5.75 Å². The van der Waals surface area contributed by atoms with Crippen LogP contribution in [0.2, 0.25) is 0 Å². The largest absolute Gasteiger partial charge is 0.497 e. The van der Waals surface area contributed by atoms with Crippen molar-refractivity contribution in [2.45, 2.75) is 38.1 Å². The number of ether oxygens (including phenoxy) is 1. The van der Waals surface area contributed by atoms with Gasteiger partial charge >= 0.3 is 0 Å². The van der Waals surface area contributed by atoms with Gasteiger partial charge in [-0.3, -0.25) is 0 Å². The summed E-state index contributed by atoms with van der Waals surface area (Å²) in [5.74, 6) is 3.19. The molecular weight excluding hydrogens is 260 g/mol. The van der Waals surface area contributed by atoms with Gasteiger partial charge in [0.25, 0.3) is 0 Å². The van der Waals surface area contributed by atoms with E-state index in [4.69, 9.17) is 16.3 Å². The third-order valence-electron chi connectivity index (χ3n) is 4.14. The first-order valence-corrected chi connectivity index (χ1v) is 7.44. The Balaban J connectivity index is 1.93. The van der Waals surface area contributed by atoms with E-state index in [-0.39, 0.29) is 0 Å². The zero-order chi connectivity index (χ0) is 13.2. The second-order valence-electron chi connectivity index (χ2n) is 5.25. The van der Waals surface area contributed by atoms with Gasteiger partial charge in [0.1, 0.15) is 11.6 Å². The molecule has 102 valence electrons. The fourth-order valence-corrected chi connectivity index (χ4v) is 2.93.